The Kier molecular flexibility index (Phi) is 4.37. The van der Waals surface area contributed by atoms with Crippen LogP contribution in [0.4, 0.5) is 0 Å². The van der Waals surface area contributed by atoms with Crippen molar-refractivity contribution < 1.29 is 9.90 Å². The molecule has 0 aromatic heterocycles. The number of benzene rings is 1. The molecule has 98 valence electrons. The van der Waals surface area contributed by atoms with Crippen LogP contribution in [0, 0.1) is 5.92 Å². The SMILES string of the molecule is CCC1CCN(CC(=O)c2ccc(O)cc2)CC1. The maximum Gasteiger partial charge on any atom is 0.176 e. The molecule has 1 aromatic rings. The first kappa shape index (κ1) is 13.1. The molecule has 0 spiro atoms. The quantitative estimate of drug-likeness (QED) is 0.832. The number of carbonyl (C=O) groups excluding carboxylic acids is 1. The third kappa shape index (κ3) is 3.33. The second kappa shape index (κ2) is 6.01. The summed E-state index contributed by atoms with van der Waals surface area (Å²) in [5.74, 6) is 1.19. The molecule has 1 N–H and O–H groups in total. The topological polar surface area (TPSA) is 40.5 Å². The smallest absolute Gasteiger partial charge is 0.176 e. The summed E-state index contributed by atoms with van der Waals surface area (Å²) in [6.45, 7) is 4.80. The maximum absolute atomic E-state index is 12.1. The highest BCUT2D eigenvalue weighted by Crippen LogP contribution is 2.20. The molecule has 18 heavy (non-hydrogen) atoms. The molecule has 1 saturated heterocycles. The van der Waals surface area contributed by atoms with Crippen molar-refractivity contribution in [1.29, 1.82) is 0 Å². The minimum Gasteiger partial charge on any atom is -0.508 e. The molecule has 2 rings (SSSR count). The fraction of sp³-hybridized carbons (Fsp3) is 0.533. The molecule has 0 amide bonds. The number of aromatic hydroxyl groups is 1. The van der Waals surface area contributed by atoms with Crippen LogP contribution >= 0.6 is 0 Å². The molecule has 0 radical (unpaired) electrons. The van der Waals surface area contributed by atoms with Gasteiger partial charge in [-0.15, -0.1) is 0 Å². The Morgan fingerprint density at radius 1 is 1.28 bits per heavy atom. The van der Waals surface area contributed by atoms with Crippen LogP contribution in [0.15, 0.2) is 24.3 Å². The molecule has 1 aliphatic heterocycles. The number of nitrogens with zero attached hydrogens (tertiary/aromatic N) is 1. The van der Waals surface area contributed by atoms with Crippen molar-refractivity contribution in [2.24, 2.45) is 5.92 Å². The Morgan fingerprint density at radius 3 is 2.44 bits per heavy atom. The van der Waals surface area contributed by atoms with E-state index in [1.807, 2.05) is 0 Å². The monoisotopic (exact) mass is 247 g/mol. The van der Waals surface area contributed by atoms with Crippen molar-refractivity contribution in [1.82, 2.24) is 4.90 Å². The van der Waals surface area contributed by atoms with E-state index in [9.17, 15) is 9.90 Å². The minimum atomic E-state index is 0.143. The third-order valence-corrected chi connectivity index (χ3v) is 3.84. The van der Waals surface area contributed by atoms with Crippen LogP contribution in [0.25, 0.3) is 0 Å². The van der Waals surface area contributed by atoms with Gasteiger partial charge in [0.2, 0.25) is 0 Å². The number of likely N-dealkylation sites (tertiary alicyclic amines) is 1. The number of phenols is 1. The Bertz CT molecular complexity index is 391. The molecule has 1 fully saturated rings. The van der Waals surface area contributed by atoms with Gasteiger partial charge in [0.05, 0.1) is 6.54 Å². The van der Waals surface area contributed by atoms with Crippen molar-refractivity contribution in [3.05, 3.63) is 29.8 Å². The van der Waals surface area contributed by atoms with Gasteiger partial charge in [-0.3, -0.25) is 9.69 Å². The Hall–Kier alpha value is -1.35. The molecule has 0 aliphatic carbocycles. The van der Waals surface area contributed by atoms with Gasteiger partial charge in [0.25, 0.3) is 0 Å². The Morgan fingerprint density at radius 2 is 1.89 bits per heavy atom. The highest BCUT2D eigenvalue weighted by atomic mass is 16.3. The first-order chi connectivity index (χ1) is 8.69. The average molecular weight is 247 g/mol. The van der Waals surface area contributed by atoms with E-state index in [4.69, 9.17) is 0 Å². The lowest BCUT2D eigenvalue weighted by molar-refractivity contribution is 0.0894. The lowest BCUT2D eigenvalue weighted by Crippen LogP contribution is -2.37. The van der Waals surface area contributed by atoms with Gasteiger partial charge in [-0.2, -0.15) is 0 Å². The van der Waals surface area contributed by atoms with Crippen LogP contribution in [-0.2, 0) is 0 Å². The number of hydrogen-bond acceptors (Lipinski definition) is 3. The summed E-state index contributed by atoms with van der Waals surface area (Å²) in [7, 11) is 0. The van der Waals surface area contributed by atoms with E-state index in [1.165, 1.54) is 19.3 Å². The van der Waals surface area contributed by atoms with Crippen LogP contribution in [-0.4, -0.2) is 35.4 Å². The highest BCUT2D eigenvalue weighted by Gasteiger charge is 2.19. The molecule has 1 aliphatic rings. The van der Waals surface area contributed by atoms with E-state index < -0.39 is 0 Å². The van der Waals surface area contributed by atoms with E-state index in [1.54, 1.807) is 24.3 Å². The molecule has 0 atom stereocenters. The molecule has 0 saturated carbocycles. The molecule has 3 heteroatoms. The van der Waals surface area contributed by atoms with Gasteiger partial charge >= 0.3 is 0 Å². The number of phenolic OH excluding ortho intramolecular Hbond substituents is 1. The zero-order valence-electron chi connectivity index (χ0n) is 10.9. The lowest BCUT2D eigenvalue weighted by Gasteiger charge is -2.30. The second-order valence-electron chi connectivity index (χ2n) is 5.10. The number of carbonyl (C=O) groups is 1. The largest absolute Gasteiger partial charge is 0.508 e. The van der Waals surface area contributed by atoms with Gasteiger partial charge in [-0.05, 0) is 56.1 Å². The van der Waals surface area contributed by atoms with Gasteiger partial charge in [0.15, 0.2) is 5.78 Å². The van der Waals surface area contributed by atoms with Gasteiger partial charge in [0.1, 0.15) is 5.75 Å². The third-order valence-electron chi connectivity index (χ3n) is 3.84. The molecular weight excluding hydrogens is 226 g/mol. The number of rotatable bonds is 4. The van der Waals surface area contributed by atoms with Crippen LogP contribution in [0.2, 0.25) is 0 Å². The van der Waals surface area contributed by atoms with E-state index in [0.29, 0.717) is 12.1 Å². The van der Waals surface area contributed by atoms with Gasteiger partial charge in [0, 0.05) is 5.56 Å². The summed E-state index contributed by atoms with van der Waals surface area (Å²) < 4.78 is 0. The summed E-state index contributed by atoms with van der Waals surface area (Å²) in [5.41, 5.74) is 0.686. The van der Waals surface area contributed by atoms with Crippen molar-refractivity contribution in [2.45, 2.75) is 26.2 Å². The fourth-order valence-electron chi connectivity index (χ4n) is 2.49. The highest BCUT2D eigenvalue weighted by molar-refractivity contribution is 5.97. The zero-order chi connectivity index (χ0) is 13.0. The second-order valence-corrected chi connectivity index (χ2v) is 5.10. The zero-order valence-corrected chi connectivity index (χ0v) is 10.9. The van der Waals surface area contributed by atoms with E-state index in [2.05, 4.69) is 11.8 Å². The Balaban J connectivity index is 1.86. The van der Waals surface area contributed by atoms with Crippen LogP contribution in [0.5, 0.6) is 5.75 Å². The van der Waals surface area contributed by atoms with Crippen molar-refractivity contribution in [3.8, 4) is 5.75 Å². The minimum absolute atomic E-state index is 0.143. The maximum atomic E-state index is 12.1. The van der Waals surface area contributed by atoms with Crippen LogP contribution in [0.1, 0.15) is 36.5 Å². The summed E-state index contributed by atoms with van der Waals surface area (Å²) in [6, 6.07) is 6.51. The first-order valence-electron chi connectivity index (χ1n) is 6.73. The van der Waals surface area contributed by atoms with Crippen molar-refractivity contribution >= 4 is 5.78 Å². The van der Waals surface area contributed by atoms with E-state index in [-0.39, 0.29) is 11.5 Å². The van der Waals surface area contributed by atoms with E-state index in [0.717, 1.165) is 19.0 Å². The number of ketones is 1. The van der Waals surface area contributed by atoms with Gasteiger partial charge < -0.3 is 5.11 Å². The molecule has 1 heterocycles. The summed E-state index contributed by atoms with van der Waals surface area (Å²) >= 11 is 0. The molecule has 0 unspecified atom stereocenters. The number of piperidine rings is 1. The first-order valence-corrected chi connectivity index (χ1v) is 6.73. The van der Waals surface area contributed by atoms with Gasteiger partial charge in [-0.25, -0.2) is 0 Å². The Labute approximate surface area is 108 Å². The summed E-state index contributed by atoms with van der Waals surface area (Å²) in [5, 5.41) is 9.19. The summed E-state index contributed by atoms with van der Waals surface area (Å²) in [6.07, 6.45) is 3.67. The molecule has 0 bridgehead atoms. The van der Waals surface area contributed by atoms with Crippen molar-refractivity contribution in [3.63, 3.8) is 0 Å². The van der Waals surface area contributed by atoms with Crippen molar-refractivity contribution in [2.75, 3.05) is 19.6 Å². The average Bonchev–Trinajstić information content (AvgIpc) is 2.40. The molecule has 1 aromatic carbocycles. The summed E-state index contributed by atoms with van der Waals surface area (Å²) in [4.78, 5) is 14.3. The molecular formula is C15H21NO2. The normalized spacial score (nSPS) is 17.8. The van der Waals surface area contributed by atoms with E-state index >= 15 is 0 Å². The van der Waals surface area contributed by atoms with Crippen LogP contribution in [0.3, 0.4) is 0 Å². The predicted molar refractivity (Wildman–Crippen MR) is 71.9 cm³/mol. The lowest BCUT2D eigenvalue weighted by atomic mass is 9.94. The number of Topliss-reactive ketones (excluding diaryl/α,β-unsaturated/α-hetero) is 1. The van der Waals surface area contributed by atoms with Gasteiger partial charge in [-0.1, -0.05) is 13.3 Å². The van der Waals surface area contributed by atoms with Crippen LogP contribution < -0.4 is 0 Å². The standard InChI is InChI=1S/C15H21NO2/c1-2-12-7-9-16(10-8-12)11-15(18)13-3-5-14(17)6-4-13/h3-6,12,17H,2,7-11H2,1H3. The predicted octanol–water partition coefficient (Wildman–Crippen LogP) is 2.70. The fourth-order valence-corrected chi connectivity index (χ4v) is 2.49. The molecule has 3 nitrogen and oxygen atoms in total. The number of hydrogen-bond donors (Lipinski definition) is 1.